The summed E-state index contributed by atoms with van der Waals surface area (Å²) in [7, 11) is 3.13. The highest BCUT2D eigenvalue weighted by molar-refractivity contribution is 5.88. The number of nitrogens with one attached hydrogen (secondary N) is 1. The summed E-state index contributed by atoms with van der Waals surface area (Å²) in [6.45, 7) is 2.09. The standard InChI is InChI=1S/C27H30N2O4/c1-20-13-15-22(16-14-20)18-29(23(27(31)28-2)17-21-9-5-4-6-10-21)26(30)19-33-25-12-8-7-11-24(25)32-3/h4-16,23H,17-19H2,1-3H3,(H,28,31). The fourth-order valence-corrected chi connectivity index (χ4v) is 3.57. The lowest BCUT2D eigenvalue weighted by Crippen LogP contribution is -2.51. The van der Waals surface area contributed by atoms with Gasteiger partial charge in [-0.1, -0.05) is 72.3 Å². The van der Waals surface area contributed by atoms with E-state index in [1.165, 1.54) is 0 Å². The summed E-state index contributed by atoms with van der Waals surface area (Å²) in [6, 6.07) is 24.1. The van der Waals surface area contributed by atoms with Gasteiger partial charge in [-0.15, -0.1) is 0 Å². The quantitative estimate of drug-likeness (QED) is 0.515. The molecule has 0 aliphatic carbocycles. The normalized spacial score (nSPS) is 11.4. The monoisotopic (exact) mass is 446 g/mol. The third-order valence-corrected chi connectivity index (χ3v) is 5.41. The molecule has 0 heterocycles. The number of aryl methyl sites for hydroxylation is 1. The van der Waals surface area contributed by atoms with Crippen LogP contribution in [-0.2, 0) is 22.6 Å². The minimum absolute atomic E-state index is 0.214. The van der Waals surface area contributed by atoms with Gasteiger partial charge >= 0.3 is 0 Å². The van der Waals surface area contributed by atoms with Crippen molar-refractivity contribution in [1.29, 1.82) is 0 Å². The molecule has 1 unspecified atom stereocenters. The van der Waals surface area contributed by atoms with Crippen molar-refractivity contribution in [1.82, 2.24) is 10.2 Å². The van der Waals surface area contributed by atoms with Gasteiger partial charge in [0.15, 0.2) is 18.1 Å². The molecule has 0 fully saturated rings. The second-order valence-electron chi connectivity index (χ2n) is 7.77. The minimum atomic E-state index is -0.688. The molecule has 33 heavy (non-hydrogen) atoms. The average Bonchev–Trinajstić information content (AvgIpc) is 2.86. The van der Waals surface area contributed by atoms with Crippen molar-refractivity contribution in [2.24, 2.45) is 0 Å². The van der Waals surface area contributed by atoms with Crippen LogP contribution < -0.4 is 14.8 Å². The molecular weight excluding hydrogens is 416 g/mol. The molecule has 1 N–H and O–H groups in total. The van der Waals surface area contributed by atoms with Crippen molar-refractivity contribution in [2.75, 3.05) is 20.8 Å². The van der Waals surface area contributed by atoms with Crippen molar-refractivity contribution in [3.63, 3.8) is 0 Å². The molecule has 172 valence electrons. The topological polar surface area (TPSA) is 67.9 Å². The van der Waals surface area contributed by atoms with E-state index in [1.807, 2.05) is 73.7 Å². The molecule has 0 radical (unpaired) electrons. The molecule has 6 heteroatoms. The van der Waals surface area contributed by atoms with Gasteiger partial charge in [0.2, 0.25) is 5.91 Å². The molecule has 0 saturated carbocycles. The first-order chi connectivity index (χ1) is 16.0. The SMILES string of the molecule is CNC(=O)C(Cc1ccccc1)N(Cc1ccc(C)cc1)C(=O)COc1ccccc1OC. The van der Waals surface area contributed by atoms with Crippen LogP contribution >= 0.6 is 0 Å². The molecular formula is C27H30N2O4. The lowest BCUT2D eigenvalue weighted by Gasteiger charge is -2.31. The van der Waals surface area contributed by atoms with Crippen molar-refractivity contribution in [2.45, 2.75) is 25.9 Å². The van der Waals surface area contributed by atoms with E-state index < -0.39 is 6.04 Å². The number of methoxy groups -OCH3 is 1. The Labute approximate surface area is 195 Å². The molecule has 1 atom stereocenters. The predicted octanol–water partition coefficient (Wildman–Crippen LogP) is 3.77. The molecule has 3 rings (SSSR count). The fraction of sp³-hybridized carbons (Fsp3) is 0.259. The smallest absolute Gasteiger partial charge is 0.261 e. The molecule has 3 aromatic rings. The first-order valence-electron chi connectivity index (χ1n) is 10.9. The van der Waals surface area contributed by atoms with Gasteiger partial charge in [0.05, 0.1) is 7.11 Å². The maximum atomic E-state index is 13.4. The lowest BCUT2D eigenvalue weighted by molar-refractivity contribution is -0.142. The number of nitrogens with zero attached hydrogens (tertiary/aromatic N) is 1. The van der Waals surface area contributed by atoms with Crippen LogP contribution in [0.4, 0.5) is 0 Å². The first kappa shape index (κ1) is 23.9. The van der Waals surface area contributed by atoms with Crippen LogP contribution in [0, 0.1) is 6.92 Å². The van der Waals surface area contributed by atoms with Crippen LogP contribution in [0.1, 0.15) is 16.7 Å². The maximum Gasteiger partial charge on any atom is 0.261 e. The zero-order valence-corrected chi connectivity index (χ0v) is 19.3. The Morgan fingerprint density at radius 2 is 1.52 bits per heavy atom. The van der Waals surface area contributed by atoms with E-state index in [0.717, 1.165) is 16.7 Å². The largest absolute Gasteiger partial charge is 0.493 e. The van der Waals surface area contributed by atoms with Gasteiger partial charge in [-0.3, -0.25) is 9.59 Å². The molecule has 0 aromatic heterocycles. The van der Waals surface area contributed by atoms with Gasteiger partial charge in [0, 0.05) is 20.0 Å². The number of benzene rings is 3. The van der Waals surface area contributed by atoms with Crippen molar-refractivity contribution in [3.05, 3.63) is 95.6 Å². The van der Waals surface area contributed by atoms with Crippen LogP contribution in [0.2, 0.25) is 0 Å². The number of hydrogen-bond acceptors (Lipinski definition) is 4. The molecule has 2 amide bonds. The molecule has 0 spiro atoms. The number of carbonyl (C=O) groups excluding carboxylic acids is 2. The summed E-state index contributed by atoms with van der Waals surface area (Å²) in [5.74, 6) is 0.508. The van der Waals surface area contributed by atoms with Crippen LogP contribution in [-0.4, -0.2) is 43.5 Å². The highest BCUT2D eigenvalue weighted by atomic mass is 16.5. The Kier molecular flexibility index (Phi) is 8.47. The van der Waals surface area contributed by atoms with E-state index in [9.17, 15) is 9.59 Å². The summed E-state index contributed by atoms with van der Waals surface area (Å²) >= 11 is 0. The summed E-state index contributed by atoms with van der Waals surface area (Å²) in [5, 5.41) is 2.71. The predicted molar refractivity (Wildman–Crippen MR) is 128 cm³/mol. The fourth-order valence-electron chi connectivity index (χ4n) is 3.57. The third-order valence-electron chi connectivity index (χ3n) is 5.41. The van der Waals surface area contributed by atoms with E-state index in [1.54, 1.807) is 31.2 Å². The van der Waals surface area contributed by atoms with Gasteiger partial charge in [-0.25, -0.2) is 0 Å². The van der Waals surface area contributed by atoms with E-state index in [-0.39, 0.29) is 18.4 Å². The Hall–Kier alpha value is -3.80. The molecule has 3 aromatic carbocycles. The Balaban J connectivity index is 1.87. The highest BCUT2D eigenvalue weighted by Crippen LogP contribution is 2.26. The number of likely N-dealkylation sites (N-methyl/N-ethyl adjacent to an activating group) is 1. The minimum Gasteiger partial charge on any atom is -0.493 e. The van der Waals surface area contributed by atoms with Gasteiger partial charge in [0.25, 0.3) is 5.91 Å². The molecule has 0 aliphatic rings. The molecule has 6 nitrogen and oxygen atoms in total. The van der Waals surface area contributed by atoms with E-state index in [2.05, 4.69) is 5.32 Å². The van der Waals surface area contributed by atoms with E-state index in [0.29, 0.717) is 24.5 Å². The number of amides is 2. The van der Waals surface area contributed by atoms with Crippen LogP contribution in [0.3, 0.4) is 0 Å². The van der Waals surface area contributed by atoms with Crippen molar-refractivity contribution < 1.29 is 19.1 Å². The van der Waals surface area contributed by atoms with Gasteiger partial charge in [-0.05, 0) is 30.2 Å². The number of rotatable bonds is 10. The van der Waals surface area contributed by atoms with Gasteiger partial charge in [-0.2, -0.15) is 0 Å². The zero-order chi connectivity index (χ0) is 23.6. The van der Waals surface area contributed by atoms with E-state index in [4.69, 9.17) is 9.47 Å². The number of carbonyl (C=O) groups is 2. The maximum absolute atomic E-state index is 13.4. The molecule has 0 aliphatic heterocycles. The molecule has 0 bridgehead atoms. The van der Waals surface area contributed by atoms with Crippen LogP contribution in [0.15, 0.2) is 78.9 Å². The first-order valence-corrected chi connectivity index (χ1v) is 10.9. The zero-order valence-electron chi connectivity index (χ0n) is 19.3. The Bertz CT molecular complexity index is 1050. The summed E-state index contributed by atoms with van der Waals surface area (Å²) < 4.78 is 11.1. The van der Waals surface area contributed by atoms with Gasteiger partial charge in [0.1, 0.15) is 6.04 Å². The third kappa shape index (κ3) is 6.59. The average molecular weight is 447 g/mol. The summed E-state index contributed by atoms with van der Waals surface area (Å²) in [4.78, 5) is 27.9. The number of hydrogen-bond donors (Lipinski definition) is 1. The van der Waals surface area contributed by atoms with Crippen LogP contribution in [0.25, 0.3) is 0 Å². The highest BCUT2D eigenvalue weighted by Gasteiger charge is 2.30. The Morgan fingerprint density at radius 1 is 0.879 bits per heavy atom. The second kappa shape index (κ2) is 11.7. The summed E-state index contributed by atoms with van der Waals surface area (Å²) in [5.41, 5.74) is 3.04. The van der Waals surface area contributed by atoms with Crippen molar-refractivity contribution in [3.8, 4) is 11.5 Å². The number of ether oxygens (including phenoxy) is 2. The lowest BCUT2D eigenvalue weighted by atomic mass is 10.0. The number of para-hydroxylation sites is 2. The van der Waals surface area contributed by atoms with Crippen molar-refractivity contribution >= 4 is 11.8 Å². The molecule has 0 saturated heterocycles. The van der Waals surface area contributed by atoms with Gasteiger partial charge < -0.3 is 19.7 Å². The van der Waals surface area contributed by atoms with Crippen LogP contribution in [0.5, 0.6) is 11.5 Å². The Morgan fingerprint density at radius 3 is 2.15 bits per heavy atom. The second-order valence-corrected chi connectivity index (χ2v) is 7.77. The summed E-state index contributed by atoms with van der Waals surface area (Å²) in [6.07, 6.45) is 0.396. The van der Waals surface area contributed by atoms with E-state index >= 15 is 0 Å².